The highest BCUT2D eigenvalue weighted by Crippen LogP contribution is 2.17. The predicted molar refractivity (Wildman–Crippen MR) is 55.4 cm³/mol. The van der Waals surface area contributed by atoms with Crippen molar-refractivity contribution < 1.29 is 9.13 Å². The van der Waals surface area contributed by atoms with E-state index in [0.717, 1.165) is 0 Å². The number of piperidine rings is 1. The molecule has 0 saturated carbocycles. The zero-order valence-corrected chi connectivity index (χ0v) is 8.32. The van der Waals surface area contributed by atoms with Crippen molar-refractivity contribution >= 4 is 5.82 Å². The first-order chi connectivity index (χ1) is 7.25. The minimum atomic E-state index is -0.913. The van der Waals surface area contributed by atoms with Gasteiger partial charge < -0.3 is 15.8 Å². The van der Waals surface area contributed by atoms with Gasteiger partial charge in [-0.1, -0.05) is 0 Å². The Labute approximate surface area is 87.6 Å². The number of nitrogens with two attached hydrogens (primary N) is 1. The van der Waals surface area contributed by atoms with Gasteiger partial charge in [0, 0.05) is 6.54 Å². The van der Waals surface area contributed by atoms with Crippen molar-refractivity contribution in [2.45, 2.75) is 18.7 Å². The first-order valence-electron chi connectivity index (χ1n) is 4.98. The molecule has 3 N–H and O–H groups in total. The molecule has 0 amide bonds. The second-order valence-corrected chi connectivity index (χ2v) is 3.58. The van der Waals surface area contributed by atoms with Gasteiger partial charge in [0.25, 0.3) is 0 Å². The number of alkyl halides is 1. The van der Waals surface area contributed by atoms with Crippen molar-refractivity contribution in [1.82, 2.24) is 10.3 Å². The highest BCUT2D eigenvalue weighted by Gasteiger charge is 2.26. The second kappa shape index (κ2) is 4.44. The van der Waals surface area contributed by atoms with Gasteiger partial charge in [-0.3, -0.25) is 0 Å². The maximum atomic E-state index is 13.4. The highest BCUT2D eigenvalue weighted by molar-refractivity contribution is 5.32. The predicted octanol–water partition coefficient (Wildman–Crippen LogP) is 0.743. The lowest BCUT2D eigenvalue weighted by atomic mass is 10.1. The van der Waals surface area contributed by atoms with Gasteiger partial charge in [-0.25, -0.2) is 9.37 Å². The number of ether oxygens (including phenoxy) is 1. The molecule has 1 aliphatic heterocycles. The lowest BCUT2D eigenvalue weighted by molar-refractivity contribution is 0.0742. The van der Waals surface area contributed by atoms with E-state index >= 15 is 0 Å². The maximum absolute atomic E-state index is 13.4. The number of aromatic nitrogens is 1. The van der Waals surface area contributed by atoms with Gasteiger partial charge in [0.1, 0.15) is 23.8 Å². The third kappa shape index (κ3) is 2.56. The number of rotatable bonds is 2. The smallest absolute Gasteiger partial charge is 0.142 e. The normalized spacial score (nSPS) is 26.2. The summed E-state index contributed by atoms with van der Waals surface area (Å²) in [4.78, 5) is 3.88. The Bertz CT molecular complexity index is 317. The summed E-state index contributed by atoms with van der Waals surface area (Å²) in [5, 5.41) is 3.09. The average Bonchev–Trinajstić information content (AvgIpc) is 2.25. The van der Waals surface area contributed by atoms with E-state index < -0.39 is 12.3 Å². The molecule has 1 fully saturated rings. The van der Waals surface area contributed by atoms with Gasteiger partial charge >= 0.3 is 0 Å². The van der Waals surface area contributed by atoms with Crippen molar-refractivity contribution in [3.05, 3.63) is 18.3 Å². The lowest BCUT2D eigenvalue weighted by Gasteiger charge is -2.27. The van der Waals surface area contributed by atoms with Crippen LogP contribution in [0.25, 0.3) is 0 Å². The van der Waals surface area contributed by atoms with Crippen LogP contribution in [0.5, 0.6) is 5.75 Å². The number of nitrogens with one attached hydrogen (secondary N) is 1. The highest BCUT2D eigenvalue weighted by atomic mass is 19.1. The van der Waals surface area contributed by atoms with Gasteiger partial charge in [0.05, 0.1) is 6.20 Å². The van der Waals surface area contributed by atoms with Crippen molar-refractivity contribution in [3.8, 4) is 5.75 Å². The minimum Gasteiger partial charge on any atom is -0.484 e. The summed E-state index contributed by atoms with van der Waals surface area (Å²) in [5.74, 6) is 0.987. The summed E-state index contributed by atoms with van der Waals surface area (Å²) in [6, 6.07) is 3.34. The van der Waals surface area contributed by atoms with E-state index in [1.807, 2.05) is 0 Å². The zero-order chi connectivity index (χ0) is 10.7. The van der Waals surface area contributed by atoms with Crippen LogP contribution >= 0.6 is 0 Å². The molecule has 4 nitrogen and oxygen atoms in total. The van der Waals surface area contributed by atoms with E-state index in [2.05, 4.69) is 10.3 Å². The summed E-state index contributed by atoms with van der Waals surface area (Å²) < 4.78 is 18.9. The quantitative estimate of drug-likeness (QED) is 0.757. The Kier molecular flexibility index (Phi) is 3.01. The molecule has 1 aromatic heterocycles. The second-order valence-electron chi connectivity index (χ2n) is 3.58. The number of halogens is 1. The third-order valence-corrected chi connectivity index (χ3v) is 2.39. The van der Waals surface area contributed by atoms with E-state index in [4.69, 9.17) is 10.5 Å². The van der Waals surface area contributed by atoms with Crippen LogP contribution in [0.3, 0.4) is 0 Å². The lowest BCUT2D eigenvalue weighted by Crippen LogP contribution is -2.45. The monoisotopic (exact) mass is 211 g/mol. The van der Waals surface area contributed by atoms with Crippen LogP contribution in [0, 0.1) is 0 Å². The molecule has 82 valence electrons. The van der Waals surface area contributed by atoms with Gasteiger partial charge in [0.15, 0.2) is 0 Å². The number of nitrogen functional groups attached to an aromatic ring is 1. The Morgan fingerprint density at radius 1 is 1.53 bits per heavy atom. The van der Waals surface area contributed by atoms with Crippen LogP contribution in [-0.4, -0.2) is 30.3 Å². The molecule has 1 saturated heterocycles. The van der Waals surface area contributed by atoms with Gasteiger partial charge in [-0.05, 0) is 25.1 Å². The van der Waals surface area contributed by atoms with Crippen LogP contribution in [0.15, 0.2) is 18.3 Å². The van der Waals surface area contributed by atoms with E-state index in [1.54, 1.807) is 12.1 Å². The topological polar surface area (TPSA) is 60.2 Å². The molecule has 1 aliphatic rings. The number of hydrogen-bond acceptors (Lipinski definition) is 4. The van der Waals surface area contributed by atoms with Gasteiger partial charge in [-0.15, -0.1) is 0 Å². The largest absolute Gasteiger partial charge is 0.484 e. The van der Waals surface area contributed by atoms with Crippen LogP contribution < -0.4 is 15.8 Å². The Morgan fingerprint density at radius 2 is 2.40 bits per heavy atom. The molecule has 0 spiro atoms. The van der Waals surface area contributed by atoms with Gasteiger partial charge in [-0.2, -0.15) is 0 Å². The molecular weight excluding hydrogens is 197 g/mol. The Balaban J connectivity index is 1.98. The van der Waals surface area contributed by atoms with Crippen molar-refractivity contribution in [2.24, 2.45) is 0 Å². The molecule has 2 heterocycles. The van der Waals surface area contributed by atoms with Gasteiger partial charge in [0.2, 0.25) is 0 Å². The summed E-state index contributed by atoms with van der Waals surface area (Å²) in [7, 11) is 0. The molecule has 0 aliphatic carbocycles. The zero-order valence-electron chi connectivity index (χ0n) is 8.32. The van der Waals surface area contributed by atoms with E-state index in [9.17, 15) is 4.39 Å². The first kappa shape index (κ1) is 10.2. The van der Waals surface area contributed by atoms with Crippen LogP contribution in [0.2, 0.25) is 0 Å². The molecular formula is C10H14FN3O. The van der Waals surface area contributed by atoms with E-state index in [1.165, 1.54) is 6.20 Å². The summed E-state index contributed by atoms with van der Waals surface area (Å²) in [6.45, 7) is 1.24. The molecule has 1 aromatic rings. The molecule has 2 rings (SSSR count). The summed E-state index contributed by atoms with van der Waals surface area (Å²) in [6.07, 6.45) is 0.664. The van der Waals surface area contributed by atoms with Crippen LogP contribution in [0.1, 0.15) is 6.42 Å². The molecule has 15 heavy (non-hydrogen) atoms. The summed E-state index contributed by atoms with van der Waals surface area (Å²) in [5.41, 5.74) is 5.43. The Morgan fingerprint density at radius 3 is 3.07 bits per heavy atom. The number of anilines is 1. The van der Waals surface area contributed by atoms with E-state index in [0.29, 0.717) is 31.1 Å². The van der Waals surface area contributed by atoms with Crippen LogP contribution in [0.4, 0.5) is 10.2 Å². The average molecular weight is 211 g/mol. The fourth-order valence-corrected chi connectivity index (χ4v) is 1.55. The minimum absolute atomic E-state index is 0.427. The SMILES string of the molecule is Nc1ccc(O[C@@H]2CNCC[C@@H]2F)cn1. The summed E-state index contributed by atoms with van der Waals surface area (Å²) >= 11 is 0. The first-order valence-corrected chi connectivity index (χ1v) is 4.98. The molecule has 5 heteroatoms. The van der Waals surface area contributed by atoms with Crippen molar-refractivity contribution in [2.75, 3.05) is 18.8 Å². The number of pyridine rings is 1. The third-order valence-electron chi connectivity index (χ3n) is 2.39. The number of nitrogens with zero attached hydrogens (tertiary/aromatic N) is 1. The fraction of sp³-hybridized carbons (Fsp3) is 0.500. The fourth-order valence-electron chi connectivity index (χ4n) is 1.55. The molecule has 0 bridgehead atoms. The maximum Gasteiger partial charge on any atom is 0.142 e. The van der Waals surface area contributed by atoms with Crippen LogP contribution in [-0.2, 0) is 0 Å². The number of hydrogen-bond donors (Lipinski definition) is 2. The van der Waals surface area contributed by atoms with E-state index in [-0.39, 0.29) is 0 Å². The molecule has 0 unspecified atom stereocenters. The van der Waals surface area contributed by atoms with Crippen molar-refractivity contribution in [1.29, 1.82) is 0 Å². The standard InChI is InChI=1S/C10H14FN3O/c11-8-3-4-13-6-9(8)15-7-1-2-10(12)14-5-7/h1-2,5,8-9,13H,3-4,6H2,(H2,12,14)/t8-,9+/m0/s1. The molecule has 0 aromatic carbocycles. The van der Waals surface area contributed by atoms with Crippen molar-refractivity contribution in [3.63, 3.8) is 0 Å². The molecule has 0 radical (unpaired) electrons. The molecule has 2 atom stereocenters. The Hall–Kier alpha value is -1.36.